The van der Waals surface area contributed by atoms with Gasteiger partial charge in [-0.1, -0.05) is 47.5 Å². The maximum Gasteiger partial charge on any atom is 0.258 e. The van der Waals surface area contributed by atoms with Gasteiger partial charge in [0.25, 0.3) is 23.6 Å². The van der Waals surface area contributed by atoms with Crippen LogP contribution >= 0.6 is 58.0 Å². The number of anilines is 4. The van der Waals surface area contributed by atoms with Crippen molar-refractivity contribution < 1.29 is 38.2 Å². The molecule has 5 aromatic carbocycles. The molecular weight excluding hydrogens is 994 g/mol. The summed E-state index contributed by atoms with van der Waals surface area (Å²) < 4.78 is 10.8. The summed E-state index contributed by atoms with van der Waals surface area (Å²) >= 11 is 31.4. The summed E-state index contributed by atoms with van der Waals surface area (Å²) in [6, 6.07) is 20.2. The average Bonchev–Trinajstić information content (AvgIpc) is 3.31. The highest BCUT2D eigenvalue weighted by molar-refractivity contribution is 6.37. The van der Waals surface area contributed by atoms with Crippen molar-refractivity contribution in [2.75, 3.05) is 47.2 Å². The highest BCUT2D eigenvalue weighted by atomic mass is 35.5. The first-order valence-corrected chi connectivity index (χ1v) is 23.1. The van der Waals surface area contributed by atoms with E-state index in [4.69, 9.17) is 67.5 Å². The second kappa shape index (κ2) is 25.3. The number of azo groups is 2. The molecule has 5 rings (SSSR count). The van der Waals surface area contributed by atoms with Crippen LogP contribution in [0.4, 0.5) is 34.1 Å². The number of carbonyl (C=O) groups is 6. The Hall–Kier alpha value is -6.43. The van der Waals surface area contributed by atoms with Gasteiger partial charge in [-0.25, -0.2) is 0 Å². The van der Waals surface area contributed by atoms with Crippen LogP contribution in [0.5, 0.6) is 11.5 Å². The number of ether oxygens (including phenoxy) is 2. The zero-order chi connectivity index (χ0) is 50.4. The van der Waals surface area contributed by atoms with Crippen LogP contribution in [0.3, 0.4) is 0 Å². The highest BCUT2D eigenvalue weighted by Gasteiger charge is 2.27. The molecule has 0 aromatic heterocycles. The lowest BCUT2D eigenvalue weighted by atomic mass is 10.1. The van der Waals surface area contributed by atoms with Crippen LogP contribution < -0.4 is 30.7 Å². The van der Waals surface area contributed by atoms with Crippen LogP contribution in [0.15, 0.2) is 111 Å². The number of aryl methyl sites for hydroxylation is 2. The lowest BCUT2D eigenvalue weighted by Gasteiger charge is -2.17. The van der Waals surface area contributed by atoms with E-state index in [9.17, 15) is 28.8 Å². The van der Waals surface area contributed by atoms with Gasteiger partial charge in [-0.2, -0.15) is 20.5 Å². The molecule has 0 bridgehead atoms. The second-order valence-corrected chi connectivity index (χ2v) is 17.1. The first kappa shape index (κ1) is 53.5. The number of carbonyl (C=O) groups excluding carboxylic acids is 6. The van der Waals surface area contributed by atoms with Gasteiger partial charge in [-0.3, -0.25) is 28.8 Å². The van der Waals surface area contributed by atoms with Crippen LogP contribution in [0, 0.1) is 0 Å². The molecule has 4 N–H and O–H groups in total. The minimum Gasteiger partial charge on any atom is -0.496 e. The molecule has 0 aliphatic heterocycles. The summed E-state index contributed by atoms with van der Waals surface area (Å²) in [5.74, 6) is -2.30. The molecule has 360 valence electrons. The van der Waals surface area contributed by atoms with Crippen molar-refractivity contribution in [2.24, 2.45) is 20.5 Å². The van der Waals surface area contributed by atoms with Crippen LogP contribution in [0.25, 0.3) is 0 Å². The number of alkyl halides is 3. The molecule has 0 aliphatic rings. The highest BCUT2D eigenvalue weighted by Crippen LogP contribution is 2.34. The molecule has 3 unspecified atom stereocenters. The number of methoxy groups -OCH3 is 2. The minimum atomic E-state index is -1.65. The number of hydrogen-bond donors (Lipinski definition) is 4. The van der Waals surface area contributed by atoms with Crippen molar-refractivity contribution in [1.29, 1.82) is 0 Å². The molecule has 0 heterocycles. The number of nitrogens with one attached hydrogen (secondary N) is 4. The Balaban J connectivity index is 1.27. The smallest absolute Gasteiger partial charge is 0.258 e. The predicted octanol–water partition coefficient (Wildman–Crippen LogP) is 11.7. The first-order chi connectivity index (χ1) is 33.0. The Kier molecular flexibility index (Phi) is 19.6. The zero-order valence-electron chi connectivity index (χ0n) is 37.7. The van der Waals surface area contributed by atoms with E-state index in [0.717, 1.165) is 25.0 Å². The zero-order valence-corrected chi connectivity index (χ0v) is 41.4. The number of rotatable bonds is 21. The SMILES string of the molecule is COc1cc(NC(=O)c2cccc(N=NC(C(C)=O)C(=O)Nc3ccc(NC(=O)C(N=Nc4cccc(C(=O)Nc5ccc(CCCl)c(OC)c5)c4Cl)C(C)=O)c(C(C)Cl)c3)c2Cl)ccc1CCCl. The topological polar surface area (TPSA) is 218 Å². The molecule has 0 saturated heterocycles. The molecule has 0 aliphatic carbocycles. The molecular formula is C48H45Cl5N8O8. The van der Waals surface area contributed by atoms with Gasteiger partial charge in [-0.05, 0) is 105 Å². The van der Waals surface area contributed by atoms with Crippen molar-refractivity contribution in [3.05, 3.63) is 129 Å². The maximum atomic E-state index is 13.6. The van der Waals surface area contributed by atoms with E-state index in [0.29, 0.717) is 53.0 Å². The van der Waals surface area contributed by atoms with E-state index in [1.165, 1.54) is 68.8 Å². The largest absolute Gasteiger partial charge is 0.496 e. The molecule has 16 nitrogen and oxygen atoms in total. The fraction of sp³-hybridized carbons (Fsp3) is 0.250. The van der Waals surface area contributed by atoms with Crippen LogP contribution in [0.1, 0.15) is 63.6 Å². The Labute approximate surface area is 422 Å². The average molecular weight is 1040 g/mol. The van der Waals surface area contributed by atoms with Gasteiger partial charge in [0.15, 0.2) is 11.6 Å². The van der Waals surface area contributed by atoms with Gasteiger partial charge in [0.1, 0.15) is 22.9 Å². The first-order valence-electron chi connectivity index (χ1n) is 20.9. The second-order valence-electron chi connectivity index (χ2n) is 15.0. The van der Waals surface area contributed by atoms with Crippen molar-refractivity contribution >= 4 is 127 Å². The Morgan fingerprint density at radius 2 is 1.00 bits per heavy atom. The van der Waals surface area contributed by atoms with Crippen molar-refractivity contribution in [3.63, 3.8) is 0 Å². The Morgan fingerprint density at radius 3 is 1.41 bits per heavy atom. The number of halogens is 5. The standard InChI is InChI=1S/C48H45Cl5N8O8/c1-25(51)35-22-30(56-47(66)43(26(2)62)60-58-37-10-6-8-33(41(37)52)45(64)54-31-14-12-28(18-20-49)39(23-31)68-4)16-17-36(35)57-48(67)44(27(3)63)61-59-38-11-7-9-34(42(38)53)46(65)55-32-15-13-29(19-21-50)40(24-32)69-5/h6-17,22-25,43-44H,18-21H2,1-5H3,(H,54,64)(H,55,65)(H,56,66)(H,57,67). The number of benzene rings is 5. The van der Waals surface area contributed by atoms with Gasteiger partial charge in [0, 0.05) is 46.6 Å². The molecule has 0 spiro atoms. The van der Waals surface area contributed by atoms with E-state index < -0.39 is 52.7 Å². The third kappa shape index (κ3) is 14.1. The molecule has 69 heavy (non-hydrogen) atoms. The van der Waals surface area contributed by atoms with Crippen molar-refractivity contribution in [3.8, 4) is 11.5 Å². The number of nitrogens with zero attached hydrogens (tertiary/aromatic N) is 4. The summed E-state index contributed by atoms with van der Waals surface area (Å²) in [5, 5.41) is 25.9. The lowest BCUT2D eigenvalue weighted by molar-refractivity contribution is -0.127. The van der Waals surface area contributed by atoms with E-state index in [-0.39, 0.29) is 43.9 Å². The predicted molar refractivity (Wildman–Crippen MR) is 270 cm³/mol. The van der Waals surface area contributed by atoms with Gasteiger partial charge in [0.2, 0.25) is 12.1 Å². The van der Waals surface area contributed by atoms with Gasteiger partial charge >= 0.3 is 0 Å². The quantitative estimate of drug-likeness (QED) is 0.0314. The van der Waals surface area contributed by atoms with Crippen LogP contribution in [-0.2, 0) is 32.0 Å². The van der Waals surface area contributed by atoms with Gasteiger partial charge in [-0.15, -0.1) is 34.8 Å². The summed E-state index contributed by atoms with van der Waals surface area (Å²) in [6.07, 6.45) is 1.14. The molecule has 0 fully saturated rings. The van der Waals surface area contributed by atoms with E-state index in [1.54, 1.807) is 43.3 Å². The number of amides is 4. The molecule has 5 aromatic rings. The maximum absolute atomic E-state index is 13.6. The Morgan fingerprint density at radius 1 is 0.580 bits per heavy atom. The van der Waals surface area contributed by atoms with Crippen LogP contribution in [-0.4, -0.2) is 73.3 Å². The normalized spacial score (nSPS) is 12.5. The minimum absolute atomic E-state index is 0.0130. The summed E-state index contributed by atoms with van der Waals surface area (Å²) in [6.45, 7) is 3.91. The van der Waals surface area contributed by atoms with Crippen LogP contribution in [0.2, 0.25) is 10.0 Å². The molecule has 3 atom stereocenters. The molecule has 4 amide bonds. The molecule has 0 radical (unpaired) electrons. The number of ketones is 2. The third-order valence-corrected chi connectivity index (χ3v) is 11.5. The van der Waals surface area contributed by atoms with Crippen molar-refractivity contribution in [1.82, 2.24) is 0 Å². The monoisotopic (exact) mass is 1040 g/mol. The Bertz CT molecular complexity index is 2820. The van der Waals surface area contributed by atoms with Gasteiger partial charge < -0.3 is 30.7 Å². The summed E-state index contributed by atoms with van der Waals surface area (Å²) in [4.78, 5) is 79.0. The fourth-order valence-electron chi connectivity index (χ4n) is 6.57. The lowest BCUT2D eigenvalue weighted by Crippen LogP contribution is -2.32. The third-order valence-electron chi connectivity index (χ3n) is 10.1. The number of Topliss-reactive ketones (excluding diaryl/α,β-unsaturated/α-hetero) is 2. The fourth-order valence-corrected chi connectivity index (χ4v) is 7.66. The molecule has 21 heteroatoms. The summed E-state index contributed by atoms with van der Waals surface area (Å²) in [7, 11) is 3.02. The van der Waals surface area contributed by atoms with E-state index in [2.05, 4.69) is 41.7 Å². The van der Waals surface area contributed by atoms with Crippen molar-refractivity contribution in [2.45, 2.75) is 51.1 Å². The van der Waals surface area contributed by atoms with E-state index in [1.807, 2.05) is 0 Å². The van der Waals surface area contributed by atoms with Gasteiger partial charge in [0.05, 0.1) is 40.8 Å². The molecule has 0 saturated carbocycles. The summed E-state index contributed by atoms with van der Waals surface area (Å²) in [5.41, 5.74) is 3.41. The number of hydrogen-bond acceptors (Lipinski definition) is 12. The van der Waals surface area contributed by atoms with E-state index >= 15 is 0 Å².